The van der Waals surface area contributed by atoms with Crippen molar-refractivity contribution >= 4 is 17.3 Å². The molecule has 0 bridgehead atoms. The Bertz CT molecular complexity index is 1010. The predicted molar refractivity (Wildman–Crippen MR) is 99.6 cm³/mol. The molecule has 4 rings (SSSR count). The van der Waals surface area contributed by atoms with Crippen LogP contribution in [0.5, 0.6) is 0 Å². The second-order valence-corrected chi connectivity index (χ2v) is 6.73. The molecule has 2 aromatic carbocycles. The van der Waals surface area contributed by atoms with Gasteiger partial charge < -0.3 is 15.0 Å². The first-order chi connectivity index (χ1) is 13.9. The van der Waals surface area contributed by atoms with Crippen molar-refractivity contribution in [2.75, 3.05) is 31.6 Å². The number of halogens is 3. The number of Topliss-reactive ketones (excluding diaryl/α,β-unsaturated/α-hetero) is 2. The number of rotatable bonds is 3. The molecule has 2 aliphatic rings. The summed E-state index contributed by atoms with van der Waals surface area (Å²) in [5.41, 5.74) is -0.103. The lowest BCUT2D eigenvalue weighted by Crippen LogP contribution is -2.42. The number of ether oxygens (including phenoxy) is 1. The summed E-state index contributed by atoms with van der Waals surface area (Å²) in [4.78, 5) is 28.1. The van der Waals surface area contributed by atoms with E-state index >= 15 is 0 Å². The zero-order valence-electron chi connectivity index (χ0n) is 15.3. The number of anilines is 1. The molecular formula is C21H17F3N2O3. The van der Waals surface area contributed by atoms with Gasteiger partial charge in [-0.3, -0.25) is 9.59 Å². The molecule has 2 aromatic rings. The fourth-order valence-corrected chi connectivity index (χ4v) is 3.48. The topological polar surface area (TPSA) is 58.6 Å². The van der Waals surface area contributed by atoms with Crippen LogP contribution in [0.4, 0.5) is 18.9 Å². The average Bonchev–Trinajstić information content (AvgIpc) is 2.72. The van der Waals surface area contributed by atoms with Crippen LogP contribution in [0, 0.1) is 0 Å². The summed E-state index contributed by atoms with van der Waals surface area (Å²) in [6.07, 6.45) is -4.52. The summed E-state index contributed by atoms with van der Waals surface area (Å²) in [6, 6.07) is 11.0. The molecule has 0 amide bonds. The zero-order valence-corrected chi connectivity index (χ0v) is 15.3. The van der Waals surface area contributed by atoms with Crippen molar-refractivity contribution in [1.29, 1.82) is 0 Å². The highest BCUT2D eigenvalue weighted by Crippen LogP contribution is 2.33. The van der Waals surface area contributed by atoms with Crippen molar-refractivity contribution in [3.63, 3.8) is 0 Å². The van der Waals surface area contributed by atoms with E-state index in [-0.39, 0.29) is 34.0 Å². The van der Waals surface area contributed by atoms with Gasteiger partial charge in [-0.25, -0.2) is 0 Å². The number of morpholine rings is 1. The molecule has 29 heavy (non-hydrogen) atoms. The van der Waals surface area contributed by atoms with Crippen molar-refractivity contribution in [3.05, 3.63) is 76.6 Å². The predicted octanol–water partition coefficient (Wildman–Crippen LogP) is 3.74. The van der Waals surface area contributed by atoms with E-state index in [2.05, 4.69) is 5.32 Å². The van der Waals surface area contributed by atoms with Crippen LogP contribution in [-0.4, -0.2) is 42.8 Å². The smallest absolute Gasteiger partial charge is 0.378 e. The number of ketones is 2. The fraction of sp³-hybridized carbons (Fsp3) is 0.238. The third-order valence-electron chi connectivity index (χ3n) is 4.88. The van der Waals surface area contributed by atoms with Crippen molar-refractivity contribution in [2.24, 2.45) is 0 Å². The third kappa shape index (κ3) is 3.63. The second kappa shape index (κ2) is 7.36. The lowest BCUT2D eigenvalue weighted by Gasteiger charge is -2.34. The van der Waals surface area contributed by atoms with Crippen LogP contribution in [0.1, 0.15) is 26.3 Å². The first-order valence-corrected chi connectivity index (χ1v) is 9.06. The van der Waals surface area contributed by atoms with Crippen molar-refractivity contribution < 1.29 is 27.5 Å². The molecule has 0 radical (unpaired) electrons. The number of carbonyl (C=O) groups excluding carboxylic acids is 2. The van der Waals surface area contributed by atoms with E-state index in [9.17, 15) is 22.8 Å². The molecule has 0 spiro atoms. The van der Waals surface area contributed by atoms with Gasteiger partial charge >= 0.3 is 6.18 Å². The molecule has 0 atom stereocenters. The molecule has 1 aliphatic heterocycles. The summed E-state index contributed by atoms with van der Waals surface area (Å²) >= 11 is 0. The van der Waals surface area contributed by atoms with Crippen molar-refractivity contribution in [2.45, 2.75) is 6.18 Å². The van der Waals surface area contributed by atoms with E-state index in [0.717, 1.165) is 12.1 Å². The van der Waals surface area contributed by atoms with Crippen LogP contribution in [0.15, 0.2) is 59.9 Å². The number of alkyl halides is 3. The molecule has 0 unspecified atom stereocenters. The van der Waals surface area contributed by atoms with Gasteiger partial charge in [0.15, 0.2) is 0 Å². The minimum absolute atomic E-state index is 0.0186. The zero-order chi connectivity index (χ0) is 20.6. The maximum atomic E-state index is 13.2. The molecule has 0 aromatic heterocycles. The Labute approximate surface area is 164 Å². The number of nitrogens with zero attached hydrogens (tertiary/aromatic N) is 1. The van der Waals surface area contributed by atoms with Gasteiger partial charge in [0, 0.05) is 29.9 Å². The monoisotopic (exact) mass is 402 g/mol. The molecule has 1 fully saturated rings. The normalized spacial score (nSPS) is 17.4. The molecule has 1 aliphatic carbocycles. The first-order valence-electron chi connectivity index (χ1n) is 9.06. The Balaban J connectivity index is 1.80. The van der Waals surface area contributed by atoms with E-state index in [1.807, 2.05) is 0 Å². The fourth-order valence-electron chi connectivity index (χ4n) is 3.48. The Kier molecular flexibility index (Phi) is 4.87. The van der Waals surface area contributed by atoms with Gasteiger partial charge in [0.05, 0.1) is 18.8 Å². The molecule has 0 saturated carbocycles. The highest BCUT2D eigenvalue weighted by molar-refractivity contribution is 6.27. The molecular weight excluding hydrogens is 385 g/mol. The van der Waals surface area contributed by atoms with Gasteiger partial charge in [-0.15, -0.1) is 0 Å². The van der Waals surface area contributed by atoms with E-state index in [0.29, 0.717) is 26.3 Å². The standard InChI is InChI=1S/C21H17F3N2O3/c22-21(23,24)13-4-3-5-14(12-13)25-17-18(26-8-10-29-11-9-26)20(28)16-7-2-1-6-15(16)19(17)27/h1-7,12,25H,8-11H2. The Morgan fingerprint density at radius 1 is 0.897 bits per heavy atom. The summed E-state index contributed by atoms with van der Waals surface area (Å²) in [5, 5.41) is 2.79. The molecule has 5 nitrogen and oxygen atoms in total. The van der Waals surface area contributed by atoms with Crippen molar-refractivity contribution in [3.8, 4) is 0 Å². The van der Waals surface area contributed by atoms with Crippen LogP contribution >= 0.6 is 0 Å². The Morgan fingerprint density at radius 2 is 1.55 bits per heavy atom. The van der Waals surface area contributed by atoms with Gasteiger partial charge in [0.1, 0.15) is 11.4 Å². The minimum atomic E-state index is -4.52. The highest BCUT2D eigenvalue weighted by atomic mass is 19.4. The molecule has 1 heterocycles. The van der Waals surface area contributed by atoms with Crippen LogP contribution in [0.25, 0.3) is 0 Å². The lowest BCUT2D eigenvalue weighted by molar-refractivity contribution is -0.137. The third-order valence-corrected chi connectivity index (χ3v) is 4.88. The Morgan fingerprint density at radius 3 is 2.21 bits per heavy atom. The Hall–Kier alpha value is -3.13. The summed E-state index contributed by atoms with van der Waals surface area (Å²) in [6.45, 7) is 1.60. The second-order valence-electron chi connectivity index (χ2n) is 6.73. The number of benzene rings is 2. The SMILES string of the molecule is O=C1C(Nc2cccc(C(F)(F)F)c2)=C(N2CCOCC2)C(=O)c2ccccc21. The van der Waals surface area contributed by atoms with Gasteiger partial charge in [-0.2, -0.15) is 13.2 Å². The van der Waals surface area contributed by atoms with E-state index in [1.54, 1.807) is 29.2 Å². The van der Waals surface area contributed by atoms with Gasteiger partial charge in [-0.05, 0) is 18.2 Å². The van der Waals surface area contributed by atoms with Crippen LogP contribution < -0.4 is 5.32 Å². The summed E-state index contributed by atoms with van der Waals surface area (Å²) in [5.74, 6) is -0.768. The molecule has 1 N–H and O–H groups in total. The van der Waals surface area contributed by atoms with E-state index in [4.69, 9.17) is 4.74 Å². The number of nitrogens with one attached hydrogen (secondary N) is 1. The summed E-state index contributed by atoms with van der Waals surface area (Å²) in [7, 11) is 0. The largest absolute Gasteiger partial charge is 0.416 e. The van der Waals surface area contributed by atoms with Crippen LogP contribution in [-0.2, 0) is 10.9 Å². The minimum Gasteiger partial charge on any atom is -0.378 e. The van der Waals surface area contributed by atoms with Crippen molar-refractivity contribution in [1.82, 2.24) is 4.90 Å². The average molecular weight is 402 g/mol. The van der Waals surface area contributed by atoms with E-state index < -0.39 is 17.5 Å². The number of carbonyl (C=O) groups is 2. The molecule has 8 heteroatoms. The summed E-state index contributed by atoms with van der Waals surface area (Å²) < 4.78 is 44.5. The van der Waals surface area contributed by atoms with E-state index in [1.165, 1.54) is 12.1 Å². The van der Waals surface area contributed by atoms with Gasteiger partial charge in [-0.1, -0.05) is 30.3 Å². The number of fused-ring (bicyclic) bond motifs is 1. The van der Waals surface area contributed by atoms with Gasteiger partial charge in [0.2, 0.25) is 11.6 Å². The highest BCUT2D eigenvalue weighted by Gasteiger charge is 2.36. The number of hydrogen-bond donors (Lipinski definition) is 1. The first kappa shape index (κ1) is 19.2. The lowest BCUT2D eigenvalue weighted by atomic mass is 9.89. The van der Waals surface area contributed by atoms with Crippen LogP contribution in [0.3, 0.4) is 0 Å². The quantitative estimate of drug-likeness (QED) is 0.848. The number of hydrogen-bond acceptors (Lipinski definition) is 5. The van der Waals surface area contributed by atoms with Crippen LogP contribution in [0.2, 0.25) is 0 Å². The number of allylic oxidation sites excluding steroid dienone is 2. The molecule has 150 valence electrons. The maximum absolute atomic E-state index is 13.2. The van der Waals surface area contributed by atoms with Gasteiger partial charge in [0.25, 0.3) is 0 Å². The maximum Gasteiger partial charge on any atom is 0.416 e. The molecule has 1 saturated heterocycles.